The van der Waals surface area contributed by atoms with Crippen LogP contribution in [-0.2, 0) is 10.0 Å². The number of hydrogen-bond acceptors (Lipinski definition) is 3. The SMILES string of the molecule is CC1CCCCN1C(=O)c1cc(F)cc(S(N)(=O)=O)c1. The zero-order valence-corrected chi connectivity index (χ0v) is 12.0. The lowest BCUT2D eigenvalue weighted by Crippen LogP contribution is -2.42. The van der Waals surface area contributed by atoms with Gasteiger partial charge in [0.05, 0.1) is 4.90 Å². The second-order valence-electron chi connectivity index (χ2n) is 5.06. The van der Waals surface area contributed by atoms with Gasteiger partial charge in [-0.05, 0) is 44.4 Å². The van der Waals surface area contributed by atoms with E-state index in [0.29, 0.717) is 6.54 Å². The minimum Gasteiger partial charge on any atom is -0.336 e. The number of likely N-dealkylation sites (tertiary alicyclic amines) is 1. The highest BCUT2D eigenvalue weighted by atomic mass is 32.2. The van der Waals surface area contributed by atoms with E-state index in [2.05, 4.69) is 0 Å². The standard InChI is InChI=1S/C13H17FN2O3S/c1-9-4-2-3-5-16(9)13(17)10-6-11(14)8-12(7-10)20(15,18)19/h6-9H,2-5H2,1H3,(H2,15,18,19). The van der Waals surface area contributed by atoms with Gasteiger partial charge in [-0.25, -0.2) is 17.9 Å². The van der Waals surface area contributed by atoms with Crippen LogP contribution in [0.25, 0.3) is 0 Å². The summed E-state index contributed by atoms with van der Waals surface area (Å²) < 4.78 is 36.1. The van der Waals surface area contributed by atoms with Crippen molar-refractivity contribution in [3.05, 3.63) is 29.6 Å². The predicted octanol–water partition coefficient (Wildman–Crippen LogP) is 1.49. The van der Waals surface area contributed by atoms with E-state index in [4.69, 9.17) is 5.14 Å². The number of nitrogens with two attached hydrogens (primary N) is 1. The molecule has 1 aliphatic rings. The van der Waals surface area contributed by atoms with E-state index in [-0.39, 0.29) is 22.4 Å². The van der Waals surface area contributed by atoms with Gasteiger partial charge in [-0.2, -0.15) is 0 Å². The summed E-state index contributed by atoms with van der Waals surface area (Å²) >= 11 is 0. The Morgan fingerprint density at radius 1 is 1.35 bits per heavy atom. The maximum absolute atomic E-state index is 13.5. The molecular weight excluding hydrogens is 283 g/mol. The second kappa shape index (κ2) is 5.49. The summed E-state index contributed by atoms with van der Waals surface area (Å²) in [6, 6.07) is 3.05. The zero-order valence-electron chi connectivity index (χ0n) is 11.2. The number of nitrogens with zero attached hydrogens (tertiary/aromatic N) is 1. The molecule has 1 unspecified atom stereocenters. The molecule has 1 heterocycles. The highest BCUT2D eigenvalue weighted by molar-refractivity contribution is 7.89. The third kappa shape index (κ3) is 3.16. The highest BCUT2D eigenvalue weighted by Crippen LogP contribution is 2.21. The first-order chi connectivity index (χ1) is 9.29. The number of halogens is 1. The number of benzene rings is 1. The van der Waals surface area contributed by atoms with Crippen LogP contribution >= 0.6 is 0 Å². The lowest BCUT2D eigenvalue weighted by molar-refractivity contribution is 0.0635. The van der Waals surface area contributed by atoms with Gasteiger partial charge in [-0.3, -0.25) is 4.79 Å². The first kappa shape index (κ1) is 14.9. The van der Waals surface area contributed by atoms with Crippen LogP contribution in [0.2, 0.25) is 0 Å². The molecule has 1 saturated heterocycles. The molecule has 0 spiro atoms. The number of carbonyl (C=O) groups excluding carboxylic acids is 1. The van der Waals surface area contributed by atoms with Crippen molar-refractivity contribution in [1.29, 1.82) is 0 Å². The smallest absolute Gasteiger partial charge is 0.254 e. The lowest BCUT2D eigenvalue weighted by atomic mass is 10.0. The molecule has 1 fully saturated rings. The van der Waals surface area contributed by atoms with Crippen LogP contribution in [-0.4, -0.2) is 31.8 Å². The van der Waals surface area contributed by atoms with Crippen molar-refractivity contribution in [3.8, 4) is 0 Å². The van der Waals surface area contributed by atoms with Crippen molar-refractivity contribution < 1.29 is 17.6 Å². The third-order valence-electron chi connectivity index (χ3n) is 3.51. The minimum absolute atomic E-state index is 0.0165. The largest absolute Gasteiger partial charge is 0.336 e. The van der Waals surface area contributed by atoms with Gasteiger partial charge >= 0.3 is 0 Å². The normalized spacial score (nSPS) is 19.9. The molecule has 7 heteroatoms. The Morgan fingerprint density at radius 2 is 2.05 bits per heavy atom. The van der Waals surface area contributed by atoms with E-state index in [1.165, 1.54) is 0 Å². The summed E-state index contributed by atoms with van der Waals surface area (Å²) in [5.41, 5.74) is 0.0165. The summed E-state index contributed by atoms with van der Waals surface area (Å²) in [4.78, 5) is 13.6. The summed E-state index contributed by atoms with van der Waals surface area (Å²) in [6.45, 7) is 2.53. The van der Waals surface area contributed by atoms with Gasteiger partial charge in [-0.1, -0.05) is 0 Å². The maximum Gasteiger partial charge on any atom is 0.254 e. The van der Waals surface area contributed by atoms with Crippen LogP contribution in [0.5, 0.6) is 0 Å². The number of carbonyl (C=O) groups is 1. The Labute approximate surface area is 117 Å². The quantitative estimate of drug-likeness (QED) is 0.898. The molecule has 1 aliphatic heterocycles. The maximum atomic E-state index is 13.5. The van der Waals surface area contributed by atoms with Crippen molar-refractivity contribution in [1.82, 2.24) is 4.90 Å². The Balaban J connectivity index is 2.37. The van der Waals surface area contributed by atoms with Crippen molar-refractivity contribution in [2.24, 2.45) is 5.14 Å². The number of primary sulfonamides is 1. The van der Waals surface area contributed by atoms with Gasteiger partial charge in [0.1, 0.15) is 5.82 Å². The molecule has 110 valence electrons. The van der Waals surface area contributed by atoms with Crippen LogP contribution in [0.4, 0.5) is 4.39 Å². The third-order valence-corrected chi connectivity index (χ3v) is 4.40. The molecule has 1 atom stereocenters. The molecule has 1 amide bonds. The molecule has 20 heavy (non-hydrogen) atoms. The number of hydrogen-bond donors (Lipinski definition) is 1. The van der Waals surface area contributed by atoms with Gasteiger partial charge in [0.2, 0.25) is 10.0 Å². The first-order valence-corrected chi connectivity index (χ1v) is 7.98. The number of sulfonamides is 1. The van der Waals surface area contributed by atoms with Gasteiger partial charge in [0, 0.05) is 18.2 Å². The Morgan fingerprint density at radius 3 is 2.65 bits per heavy atom. The monoisotopic (exact) mass is 300 g/mol. The van der Waals surface area contributed by atoms with E-state index in [0.717, 1.165) is 37.5 Å². The molecule has 5 nitrogen and oxygen atoms in total. The molecule has 0 bridgehead atoms. The molecule has 0 radical (unpaired) electrons. The minimum atomic E-state index is -4.04. The lowest BCUT2D eigenvalue weighted by Gasteiger charge is -2.33. The van der Waals surface area contributed by atoms with E-state index >= 15 is 0 Å². The zero-order chi connectivity index (χ0) is 14.9. The highest BCUT2D eigenvalue weighted by Gasteiger charge is 2.25. The van der Waals surface area contributed by atoms with E-state index in [9.17, 15) is 17.6 Å². The van der Waals surface area contributed by atoms with Crippen LogP contribution in [0.15, 0.2) is 23.1 Å². The number of piperidine rings is 1. The molecule has 1 aromatic carbocycles. The second-order valence-corrected chi connectivity index (χ2v) is 6.63. The van der Waals surface area contributed by atoms with E-state index in [1.54, 1.807) is 4.90 Å². The van der Waals surface area contributed by atoms with Crippen molar-refractivity contribution in [2.45, 2.75) is 37.1 Å². The van der Waals surface area contributed by atoms with Crippen LogP contribution in [0.3, 0.4) is 0 Å². The average molecular weight is 300 g/mol. The molecule has 1 aromatic rings. The van der Waals surface area contributed by atoms with Crippen molar-refractivity contribution in [2.75, 3.05) is 6.54 Å². The number of amides is 1. The Bertz CT molecular complexity index is 631. The van der Waals surface area contributed by atoms with Gasteiger partial charge in [-0.15, -0.1) is 0 Å². The average Bonchev–Trinajstić information content (AvgIpc) is 2.37. The molecule has 0 saturated carbocycles. The Kier molecular flexibility index (Phi) is 4.10. The van der Waals surface area contributed by atoms with E-state index in [1.807, 2.05) is 6.92 Å². The van der Waals surface area contributed by atoms with Gasteiger partial charge in [0.15, 0.2) is 0 Å². The first-order valence-electron chi connectivity index (χ1n) is 6.43. The van der Waals surface area contributed by atoms with Crippen LogP contribution in [0, 0.1) is 5.82 Å². The van der Waals surface area contributed by atoms with Crippen LogP contribution < -0.4 is 5.14 Å². The fraction of sp³-hybridized carbons (Fsp3) is 0.462. The summed E-state index contributed by atoms with van der Waals surface area (Å²) in [5, 5.41) is 4.98. The molecule has 0 aromatic heterocycles. The van der Waals surface area contributed by atoms with Crippen molar-refractivity contribution >= 4 is 15.9 Å². The topological polar surface area (TPSA) is 80.5 Å². The van der Waals surface area contributed by atoms with Gasteiger partial charge in [0.25, 0.3) is 5.91 Å². The predicted molar refractivity (Wildman–Crippen MR) is 72.1 cm³/mol. The van der Waals surface area contributed by atoms with Crippen molar-refractivity contribution in [3.63, 3.8) is 0 Å². The fourth-order valence-electron chi connectivity index (χ4n) is 2.42. The fourth-order valence-corrected chi connectivity index (χ4v) is 2.98. The summed E-state index contributed by atoms with van der Waals surface area (Å²) in [5.74, 6) is -1.15. The van der Waals surface area contributed by atoms with Gasteiger partial charge < -0.3 is 4.90 Å². The summed E-state index contributed by atoms with van der Waals surface area (Å²) in [7, 11) is -4.04. The molecule has 2 rings (SSSR count). The number of rotatable bonds is 2. The molecule has 0 aliphatic carbocycles. The molecular formula is C13H17FN2O3S. The molecule has 2 N–H and O–H groups in total. The van der Waals surface area contributed by atoms with Crippen LogP contribution in [0.1, 0.15) is 36.5 Å². The van der Waals surface area contributed by atoms with E-state index < -0.39 is 15.8 Å². The Hall–Kier alpha value is -1.47. The summed E-state index contributed by atoms with van der Waals surface area (Å²) in [6.07, 6.45) is 2.84.